The highest BCUT2D eigenvalue weighted by Gasteiger charge is 2.42. The van der Waals surface area contributed by atoms with Gasteiger partial charge in [-0.3, -0.25) is 14.2 Å². The molecule has 2 aromatic carbocycles. The zero-order valence-corrected chi connectivity index (χ0v) is 20.3. The van der Waals surface area contributed by atoms with E-state index in [1.807, 2.05) is 36.4 Å². The van der Waals surface area contributed by atoms with Crippen LogP contribution in [0.15, 0.2) is 65.8 Å². The lowest BCUT2D eigenvalue weighted by Gasteiger charge is -2.42. The highest BCUT2D eigenvalue weighted by Crippen LogP contribution is 2.43. The van der Waals surface area contributed by atoms with E-state index >= 15 is 0 Å². The van der Waals surface area contributed by atoms with E-state index in [1.165, 1.54) is 0 Å². The van der Waals surface area contributed by atoms with Gasteiger partial charge in [0.15, 0.2) is 0 Å². The quantitative estimate of drug-likeness (QED) is 0.518. The lowest BCUT2D eigenvalue weighted by atomic mass is 10.1. The van der Waals surface area contributed by atoms with Gasteiger partial charge in [0.05, 0.1) is 30.6 Å². The Hall–Kier alpha value is -3.06. The fraction of sp³-hybridized carbons (Fsp3) is 0.280. The van der Waals surface area contributed by atoms with Crippen LogP contribution < -0.4 is 9.04 Å². The number of benzene rings is 2. The lowest BCUT2D eigenvalue weighted by molar-refractivity contribution is 0.175. The summed E-state index contributed by atoms with van der Waals surface area (Å²) in [5.41, 5.74) is 4.14. The third-order valence-corrected chi connectivity index (χ3v) is 9.44. The van der Waals surface area contributed by atoms with Gasteiger partial charge in [0, 0.05) is 48.6 Å². The predicted molar refractivity (Wildman–Crippen MR) is 133 cm³/mol. The van der Waals surface area contributed by atoms with E-state index in [4.69, 9.17) is 10.00 Å². The van der Waals surface area contributed by atoms with Crippen LogP contribution in [0.1, 0.15) is 11.1 Å². The Morgan fingerprint density at radius 1 is 1.18 bits per heavy atom. The Morgan fingerprint density at radius 2 is 1.97 bits per heavy atom. The maximum atomic E-state index is 13.6. The summed E-state index contributed by atoms with van der Waals surface area (Å²) < 4.78 is 34.0. The first-order chi connectivity index (χ1) is 16.5. The number of nitrogens with zero attached hydrogens (tertiary/aromatic N) is 4. The number of sulfonamides is 1. The zero-order chi connectivity index (χ0) is 23.7. The standard InChI is InChI=1S/C25H24N4O3S2/c1-32-21-4-2-3-19(11-21)15-28-16-22(17-28)34(30,31)29-9-10-33-25-23(13-27-14-24(25)29)20-7-5-18(12-26)6-8-20/h2-8,11,13-14,22H,9-10,15-17H2,1H3. The van der Waals surface area contributed by atoms with Gasteiger partial charge in [-0.1, -0.05) is 24.3 Å². The number of fused-ring (bicyclic) bond motifs is 1. The fourth-order valence-corrected chi connectivity index (χ4v) is 7.57. The largest absolute Gasteiger partial charge is 0.497 e. The van der Waals surface area contributed by atoms with Crippen LogP contribution in [0, 0.1) is 11.3 Å². The van der Waals surface area contributed by atoms with E-state index in [1.54, 1.807) is 47.7 Å². The van der Waals surface area contributed by atoms with Gasteiger partial charge in [-0.15, -0.1) is 11.8 Å². The first-order valence-corrected chi connectivity index (χ1v) is 13.5. The summed E-state index contributed by atoms with van der Waals surface area (Å²) in [6.07, 6.45) is 3.42. The second kappa shape index (κ2) is 9.29. The summed E-state index contributed by atoms with van der Waals surface area (Å²) in [7, 11) is -1.88. The number of anilines is 1. The van der Waals surface area contributed by atoms with Crippen LogP contribution in [-0.2, 0) is 16.6 Å². The number of rotatable bonds is 6. The second-order valence-electron chi connectivity index (χ2n) is 8.36. The van der Waals surface area contributed by atoms with Crippen LogP contribution in [0.25, 0.3) is 11.1 Å². The SMILES string of the molecule is COc1cccc(CN2CC(S(=O)(=O)N3CCSc4c(-c5ccc(C#N)cc5)cncc43)C2)c1. The highest BCUT2D eigenvalue weighted by atomic mass is 32.2. The summed E-state index contributed by atoms with van der Waals surface area (Å²) in [4.78, 5) is 7.42. The molecule has 0 unspecified atom stereocenters. The molecular weight excluding hydrogens is 468 g/mol. The molecule has 3 heterocycles. The van der Waals surface area contributed by atoms with Crippen LogP contribution in [0.3, 0.4) is 0 Å². The molecule has 0 radical (unpaired) electrons. The van der Waals surface area contributed by atoms with E-state index < -0.39 is 15.3 Å². The van der Waals surface area contributed by atoms with Crippen molar-refractivity contribution < 1.29 is 13.2 Å². The molecule has 9 heteroatoms. The van der Waals surface area contributed by atoms with Crippen LogP contribution in [0.5, 0.6) is 5.75 Å². The highest BCUT2D eigenvalue weighted by molar-refractivity contribution is 8.00. The maximum absolute atomic E-state index is 13.6. The number of ether oxygens (including phenoxy) is 1. The number of aromatic nitrogens is 1. The molecule has 0 spiro atoms. The topological polar surface area (TPSA) is 86.5 Å². The van der Waals surface area contributed by atoms with E-state index in [0.29, 0.717) is 43.2 Å². The van der Waals surface area contributed by atoms with Crippen molar-refractivity contribution in [2.45, 2.75) is 16.7 Å². The third-order valence-electron chi connectivity index (χ3n) is 6.20. The molecule has 1 saturated heterocycles. The molecule has 3 aromatic rings. The van der Waals surface area contributed by atoms with Crippen molar-refractivity contribution in [1.82, 2.24) is 9.88 Å². The smallest absolute Gasteiger partial charge is 0.240 e. The van der Waals surface area contributed by atoms with Gasteiger partial charge in [-0.05, 0) is 35.4 Å². The number of pyridine rings is 1. The Balaban J connectivity index is 1.34. The average Bonchev–Trinajstić information content (AvgIpc) is 2.85. The van der Waals surface area contributed by atoms with Gasteiger partial charge >= 0.3 is 0 Å². The van der Waals surface area contributed by atoms with Crippen molar-refractivity contribution in [1.29, 1.82) is 5.26 Å². The van der Waals surface area contributed by atoms with E-state index in [2.05, 4.69) is 16.0 Å². The normalized spacial score (nSPS) is 16.4. The summed E-state index contributed by atoms with van der Waals surface area (Å²) in [6.45, 7) is 2.13. The number of nitriles is 1. The molecule has 1 fully saturated rings. The molecule has 0 saturated carbocycles. The van der Waals surface area contributed by atoms with Gasteiger partial charge in [-0.2, -0.15) is 5.26 Å². The van der Waals surface area contributed by atoms with Crippen molar-refractivity contribution in [2.75, 3.05) is 36.8 Å². The van der Waals surface area contributed by atoms with Gasteiger partial charge < -0.3 is 4.74 Å². The summed E-state index contributed by atoms with van der Waals surface area (Å²) in [6, 6.07) is 17.3. The molecule has 0 atom stereocenters. The Bertz CT molecular complexity index is 1350. The fourth-order valence-electron chi connectivity index (χ4n) is 4.36. The molecule has 34 heavy (non-hydrogen) atoms. The van der Waals surface area contributed by atoms with Crippen molar-refractivity contribution in [3.05, 3.63) is 72.1 Å². The average molecular weight is 493 g/mol. The number of thioether (sulfide) groups is 1. The summed E-state index contributed by atoms with van der Waals surface area (Å²) in [5.74, 6) is 1.48. The number of hydrogen-bond acceptors (Lipinski definition) is 7. The van der Waals surface area contributed by atoms with Crippen molar-refractivity contribution in [2.24, 2.45) is 0 Å². The Labute approximate surface area is 204 Å². The maximum Gasteiger partial charge on any atom is 0.240 e. The van der Waals surface area contributed by atoms with Gasteiger partial charge in [0.1, 0.15) is 11.0 Å². The van der Waals surface area contributed by atoms with Gasteiger partial charge in [0.25, 0.3) is 0 Å². The molecule has 1 aromatic heterocycles. The third kappa shape index (κ3) is 4.25. The lowest BCUT2D eigenvalue weighted by Crippen LogP contribution is -2.58. The molecule has 5 rings (SSSR count). The molecule has 2 aliphatic rings. The molecule has 0 aliphatic carbocycles. The Kier molecular flexibility index (Phi) is 6.21. The van der Waals surface area contributed by atoms with Crippen LogP contribution in [0.4, 0.5) is 5.69 Å². The van der Waals surface area contributed by atoms with Crippen molar-refractivity contribution in [3.63, 3.8) is 0 Å². The summed E-state index contributed by atoms with van der Waals surface area (Å²) >= 11 is 1.65. The van der Waals surface area contributed by atoms with E-state index in [-0.39, 0.29) is 0 Å². The van der Waals surface area contributed by atoms with Crippen molar-refractivity contribution >= 4 is 27.5 Å². The minimum absolute atomic E-state index is 0.435. The van der Waals surface area contributed by atoms with Gasteiger partial charge in [-0.25, -0.2) is 8.42 Å². The number of methoxy groups -OCH3 is 1. The monoisotopic (exact) mass is 492 g/mol. The van der Waals surface area contributed by atoms with E-state index in [0.717, 1.165) is 27.3 Å². The molecule has 2 aliphatic heterocycles. The number of hydrogen-bond donors (Lipinski definition) is 0. The molecule has 7 nitrogen and oxygen atoms in total. The first-order valence-electron chi connectivity index (χ1n) is 11.0. The second-order valence-corrected chi connectivity index (χ2v) is 11.6. The zero-order valence-electron chi connectivity index (χ0n) is 18.7. The minimum atomic E-state index is -3.52. The van der Waals surface area contributed by atoms with Crippen LogP contribution >= 0.6 is 11.8 Å². The molecule has 0 amide bonds. The molecular formula is C25H24N4O3S2. The molecule has 174 valence electrons. The molecule has 0 N–H and O–H groups in total. The first kappa shape index (κ1) is 22.7. The van der Waals surface area contributed by atoms with Gasteiger partial charge in [0.2, 0.25) is 10.0 Å². The predicted octanol–water partition coefficient (Wildman–Crippen LogP) is 3.76. The summed E-state index contributed by atoms with van der Waals surface area (Å²) in [5, 5.41) is 8.63. The molecule has 0 bridgehead atoms. The minimum Gasteiger partial charge on any atom is -0.497 e. The Morgan fingerprint density at radius 3 is 2.71 bits per heavy atom. The number of likely N-dealkylation sites (tertiary alicyclic amines) is 1. The van der Waals surface area contributed by atoms with Crippen LogP contribution in [0.2, 0.25) is 0 Å². The van der Waals surface area contributed by atoms with Crippen molar-refractivity contribution in [3.8, 4) is 22.9 Å². The van der Waals surface area contributed by atoms with E-state index in [9.17, 15) is 8.42 Å². The van der Waals surface area contributed by atoms with Crippen LogP contribution in [-0.4, -0.2) is 56.0 Å².